The molecule has 0 fully saturated rings. The highest BCUT2D eigenvalue weighted by molar-refractivity contribution is 7.89. The smallest absolute Gasteiger partial charge is 0.241 e. The van der Waals surface area contributed by atoms with E-state index in [4.69, 9.17) is 22.0 Å². The summed E-state index contributed by atoms with van der Waals surface area (Å²) in [5, 5.41) is 17.6. The minimum absolute atomic E-state index is 0.0332. The van der Waals surface area contributed by atoms with Crippen molar-refractivity contribution in [1.29, 1.82) is 5.26 Å². The van der Waals surface area contributed by atoms with Crippen LogP contribution in [0.5, 0.6) is 0 Å². The van der Waals surface area contributed by atoms with Crippen LogP contribution < -0.4 is 4.72 Å². The number of hydrogen-bond donors (Lipinski definition) is 2. The van der Waals surface area contributed by atoms with Crippen LogP contribution in [0.25, 0.3) is 0 Å². The topological polar surface area (TPSA) is 90.2 Å². The van der Waals surface area contributed by atoms with Crippen molar-refractivity contribution in [3.05, 3.63) is 28.8 Å². The van der Waals surface area contributed by atoms with Crippen molar-refractivity contribution in [2.75, 3.05) is 13.2 Å². The van der Waals surface area contributed by atoms with Crippen LogP contribution >= 0.6 is 11.6 Å². The Morgan fingerprint density at radius 1 is 1.47 bits per heavy atom. The first-order chi connectivity index (χ1) is 8.01. The van der Waals surface area contributed by atoms with Gasteiger partial charge in [-0.1, -0.05) is 11.6 Å². The Kier molecular flexibility index (Phi) is 4.90. The van der Waals surface area contributed by atoms with Gasteiger partial charge in [0.25, 0.3) is 0 Å². The molecule has 0 aliphatic heterocycles. The first-order valence-electron chi connectivity index (χ1n) is 4.81. The number of halogens is 1. The van der Waals surface area contributed by atoms with E-state index in [-0.39, 0.29) is 28.6 Å². The van der Waals surface area contributed by atoms with Gasteiger partial charge in [-0.2, -0.15) is 5.26 Å². The number of sulfonamides is 1. The highest BCUT2D eigenvalue weighted by Gasteiger charge is 2.18. The van der Waals surface area contributed by atoms with Crippen molar-refractivity contribution in [3.63, 3.8) is 0 Å². The second-order valence-electron chi connectivity index (χ2n) is 3.23. The van der Waals surface area contributed by atoms with Crippen LogP contribution in [0.1, 0.15) is 12.0 Å². The predicted octanol–water partition coefficient (Wildman–Crippen LogP) is 0.872. The molecule has 92 valence electrons. The van der Waals surface area contributed by atoms with Crippen LogP contribution in [0.15, 0.2) is 23.1 Å². The third kappa shape index (κ3) is 3.68. The number of nitrogens with one attached hydrogen (secondary N) is 1. The van der Waals surface area contributed by atoms with E-state index in [1.165, 1.54) is 18.2 Å². The molecular formula is C10H11ClN2O3S. The van der Waals surface area contributed by atoms with Gasteiger partial charge in [-0.3, -0.25) is 0 Å². The van der Waals surface area contributed by atoms with Crippen LogP contribution in [0, 0.1) is 11.3 Å². The van der Waals surface area contributed by atoms with E-state index in [0.717, 1.165) is 0 Å². The average Bonchev–Trinajstić information content (AvgIpc) is 2.29. The van der Waals surface area contributed by atoms with E-state index in [1.807, 2.05) is 0 Å². The van der Waals surface area contributed by atoms with Gasteiger partial charge in [-0.05, 0) is 24.6 Å². The number of nitrogens with zero attached hydrogens (tertiary/aromatic N) is 1. The summed E-state index contributed by atoms with van der Waals surface area (Å²) in [6, 6.07) is 5.82. The lowest BCUT2D eigenvalue weighted by Crippen LogP contribution is -2.26. The van der Waals surface area contributed by atoms with E-state index in [1.54, 1.807) is 6.07 Å². The molecule has 0 aliphatic carbocycles. The monoisotopic (exact) mass is 274 g/mol. The molecule has 7 heteroatoms. The zero-order valence-electron chi connectivity index (χ0n) is 8.85. The minimum atomic E-state index is -3.77. The molecule has 1 aromatic rings. The zero-order valence-corrected chi connectivity index (χ0v) is 10.4. The van der Waals surface area contributed by atoms with Crippen LogP contribution in [-0.2, 0) is 10.0 Å². The summed E-state index contributed by atoms with van der Waals surface area (Å²) >= 11 is 5.70. The molecule has 0 radical (unpaired) electrons. The molecule has 0 unspecified atom stereocenters. The van der Waals surface area contributed by atoms with Gasteiger partial charge in [0.05, 0.1) is 5.56 Å². The van der Waals surface area contributed by atoms with Gasteiger partial charge in [-0.25, -0.2) is 13.1 Å². The molecule has 17 heavy (non-hydrogen) atoms. The number of aliphatic hydroxyl groups is 1. The molecule has 1 rings (SSSR count). The lowest BCUT2D eigenvalue weighted by Gasteiger charge is -2.07. The Morgan fingerprint density at radius 2 is 2.18 bits per heavy atom. The van der Waals surface area contributed by atoms with Crippen molar-refractivity contribution in [2.45, 2.75) is 11.3 Å². The fraction of sp³-hybridized carbons (Fsp3) is 0.300. The highest BCUT2D eigenvalue weighted by Crippen LogP contribution is 2.19. The normalized spacial score (nSPS) is 11.1. The fourth-order valence-electron chi connectivity index (χ4n) is 1.17. The maximum absolute atomic E-state index is 11.8. The molecule has 0 atom stereocenters. The summed E-state index contributed by atoms with van der Waals surface area (Å²) in [5.74, 6) is 0. The van der Waals surface area contributed by atoms with Gasteiger partial charge in [0.2, 0.25) is 10.0 Å². The SMILES string of the molecule is N#Cc1ccc(Cl)cc1S(=O)(=O)NCCCO. The number of aliphatic hydroxyl groups excluding tert-OH is 1. The van der Waals surface area contributed by atoms with Gasteiger partial charge in [0.15, 0.2) is 0 Å². The maximum atomic E-state index is 11.8. The summed E-state index contributed by atoms with van der Waals surface area (Å²) < 4.78 is 26.0. The highest BCUT2D eigenvalue weighted by atomic mass is 35.5. The van der Waals surface area contributed by atoms with Gasteiger partial charge in [-0.15, -0.1) is 0 Å². The summed E-state index contributed by atoms with van der Waals surface area (Å²) in [5.41, 5.74) is 0.0332. The molecule has 0 saturated heterocycles. The van der Waals surface area contributed by atoms with E-state index in [2.05, 4.69) is 4.72 Å². The van der Waals surface area contributed by atoms with Gasteiger partial charge in [0.1, 0.15) is 11.0 Å². The van der Waals surface area contributed by atoms with Crippen LogP contribution in [0.2, 0.25) is 5.02 Å². The second-order valence-corrected chi connectivity index (χ2v) is 5.40. The van der Waals surface area contributed by atoms with E-state index < -0.39 is 10.0 Å². The van der Waals surface area contributed by atoms with Crippen molar-refractivity contribution in [2.24, 2.45) is 0 Å². The molecule has 0 heterocycles. The summed E-state index contributed by atoms with van der Waals surface area (Å²) in [7, 11) is -3.77. The molecule has 1 aromatic carbocycles. The zero-order chi connectivity index (χ0) is 12.9. The Hall–Kier alpha value is -1.13. The van der Waals surface area contributed by atoms with Crippen LogP contribution in [0.4, 0.5) is 0 Å². The standard InChI is InChI=1S/C10H11ClN2O3S/c11-9-3-2-8(7-12)10(6-9)17(15,16)13-4-1-5-14/h2-3,6,13-14H,1,4-5H2. The summed E-state index contributed by atoms with van der Waals surface area (Å²) in [4.78, 5) is -0.148. The molecule has 5 nitrogen and oxygen atoms in total. The molecule has 2 N–H and O–H groups in total. The summed E-state index contributed by atoms with van der Waals surface area (Å²) in [6.45, 7) is -0.000607. The van der Waals surface area contributed by atoms with Gasteiger partial charge >= 0.3 is 0 Å². The molecule has 0 bridgehead atoms. The van der Waals surface area contributed by atoms with E-state index in [9.17, 15) is 8.42 Å². The fourth-order valence-corrected chi connectivity index (χ4v) is 2.66. The number of benzene rings is 1. The number of hydrogen-bond acceptors (Lipinski definition) is 4. The summed E-state index contributed by atoms with van der Waals surface area (Å²) in [6.07, 6.45) is 0.307. The lowest BCUT2D eigenvalue weighted by atomic mass is 10.2. The Morgan fingerprint density at radius 3 is 2.76 bits per heavy atom. The molecule has 0 aromatic heterocycles. The van der Waals surface area contributed by atoms with E-state index >= 15 is 0 Å². The molecule has 0 spiro atoms. The third-order valence-corrected chi connectivity index (χ3v) is 3.72. The van der Waals surface area contributed by atoms with Gasteiger partial charge in [0, 0.05) is 18.2 Å². The van der Waals surface area contributed by atoms with Crippen molar-refractivity contribution in [1.82, 2.24) is 4.72 Å². The Balaban J connectivity index is 3.06. The largest absolute Gasteiger partial charge is 0.396 e. The molecule has 0 saturated carbocycles. The Labute approximate surface area is 105 Å². The van der Waals surface area contributed by atoms with Crippen molar-refractivity contribution in [3.8, 4) is 6.07 Å². The van der Waals surface area contributed by atoms with Crippen molar-refractivity contribution >= 4 is 21.6 Å². The molecular weight excluding hydrogens is 264 g/mol. The third-order valence-electron chi connectivity index (χ3n) is 1.98. The van der Waals surface area contributed by atoms with E-state index in [0.29, 0.717) is 6.42 Å². The number of rotatable bonds is 5. The lowest BCUT2D eigenvalue weighted by molar-refractivity contribution is 0.289. The van der Waals surface area contributed by atoms with Crippen molar-refractivity contribution < 1.29 is 13.5 Å². The van der Waals surface area contributed by atoms with Crippen LogP contribution in [0.3, 0.4) is 0 Å². The first-order valence-corrected chi connectivity index (χ1v) is 6.67. The predicted molar refractivity (Wildman–Crippen MR) is 63.1 cm³/mol. The minimum Gasteiger partial charge on any atom is -0.396 e. The molecule has 0 amide bonds. The van der Waals surface area contributed by atoms with Crippen LogP contribution in [-0.4, -0.2) is 26.7 Å². The maximum Gasteiger partial charge on any atom is 0.241 e. The Bertz CT molecular complexity index is 537. The molecule has 0 aliphatic rings. The quantitative estimate of drug-likeness (QED) is 0.780. The first kappa shape index (κ1) is 13.9. The van der Waals surface area contributed by atoms with Gasteiger partial charge < -0.3 is 5.11 Å². The average molecular weight is 275 g/mol. The number of nitriles is 1. The second kappa shape index (κ2) is 5.98.